The number of carbonyl (C=O) groups is 2. The zero-order valence-electron chi connectivity index (χ0n) is 38.7. The molecule has 0 aromatic heterocycles. The number of aliphatic hydroxyl groups excluding tert-OH is 2. The number of esters is 1. The molecule has 0 spiro atoms. The number of hydrogen-bond acceptors (Lipinski definition) is 5. The molecule has 0 aromatic carbocycles. The molecule has 3 unspecified atom stereocenters. The van der Waals surface area contributed by atoms with Crippen LogP contribution in [-0.2, 0) is 14.3 Å². The Balaban J connectivity index is 4.40. The van der Waals surface area contributed by atoms with Gasteiger partial charge in [-0.15, -0.1) is 0 Å². The first-order chi connectivity index (χ1) is 28.5. The van der Waals surface area contributed by atoms with E-state index in [0.717, 1.165) is 83.5 Å². The van der Waals surface area contributed by atoms with Crippen LogP contribution in [0.1, 0.15) is 258 Å². The second-order valence-corrected chi connectivity index (χ2v) is 17.2. The number of nitrogens with one attached hydrogen (secondary N) is 1. The lowest BCUT2D eigenvalue weighted by molar-refractivity contribution is -0.151. The molecule has 1 amide bonds. The molecule has 0 aromatic rings. The highest BCUT2D eigenvalue weighted by atomic mass is 16.5. The van der Waals surface area contributed by atoms with Crippen LogP contribution in [0.4, 0.5) is 0 Å². The predicted octanol–water partition coefficient (Wildman–Crippen LogP) is 14.9. The summed E-state index contributed by atoms with van der Waals surface area (Å²) in [6.45, 7) is 6.36. The van der Waals surface area contributed by atoms with Crippen molar-refractivity contribution in [3.63, 3.8) is 0 Å². The topological polar surface area (TPSA) is 95.9 Å². The van der Waals surface area contributed by atoms with Crippen LogP contribution in [0.3, 0.4) is 0 Å². The highest BCUT2D eigenvalue weighted by molar-refractivity contribution is 5.77. The van der Waals surface area contributed by atoms with Crippen molar-refractivity contribution in [2.45, 2.75) is 277 Å². The van der Waals surface area contributed by atoms with Gasteiger partial charge in [-0.1, -0.05) is 224 Å². The van der Waals surface area contributed by atoms with Crippen molar-refractivity contribution in [2.75, 3.05) is 6.61 Å². The standard InChI is InChI=1S/C52H97NO5/c1-4-7-10-13-16-19-21-23-25-26-27-28-30-32-35-38-41-44-50(55)49(47-54)53-51(56)46-48(43-40-37-34-18-15-12-9-6-3)58-52(57)45-42-39-36-33-31-29-24-22-20-17-14-11-8-5-2/h8,11,17,20,24,29,48-50,54-55H,4-7,9-10,12-16,18-19,21-23,25-28,30-47H2,1-3H3,(H,53,56)/b11-8+,20-17+,29-24+. The van der Waals surface area contributed by atoms with Gasteiger partial charge in [0, 0.05) is 6.42 Å². The first-order valence-corrected chi connectivity index (χ1v) is 25.2. The van der Waals surface area contributed by atoms with Crippen molar-refractivity contribution in [2.24, 2.45) is 0 Å². The number of allylic oxidation sites excluding steroid dienone is 6. The Kier molecular flexibility index (Phi) is 44.6. The van der Waals surface area contributed by atoms with Gasteiger partial charge in [0.05, 0.1) is 25.2 Å². The molecule has 0 heterocycles. The Morgan fingerprint density at radius 3 is 1.41 bits per heavy atom. The lowest BCUT2D eigenvalue weighted by Gasteiger charge is -2.24. The fourth-order valence-corrected chi connectivity index (χ4v) is 7.68. The average Bonchev–Trinajstić information content (AvgIpc) is 3.22. The van der Waals surface area contributed by atoms with Gasteiger partial charge < -0.3 is 20.3 Å². The third-order valence-corrected chi connectivity index (χ3v) is 11.5. The minimum Gasteiger partial charge on any atom is -0.462 e. The summed E-state index contributed by atoms with van der Waals surface area (Å²) >= 11 is 0. The van der Waals surface area contributed by atoms with Gasteiger partial charge in [0.2, 0.25) is 5.91 Å². The lowest BCUT2D eigenvalue weighted by atomic mass is 10.0. The largest absolute Gasteiger partial charge is 0.462 e. The fraction of sp³-hybridized carbons (Fsp3) is 0.846. The molecule has 58 heavy (non-hydrogen) atoms. The first kappa shape index (κ1) is 56.1. The number of carbonyl (C=O) groups excluding carboxylic acids is 2. The predicted molar refractivity (Wildman–Crippen MR) is 250 cm³/mol. The maximum Gasteiger partial charge on any atom is 0.306 e. The van der Waals surface area contributed by atoms with Crippen LogP contribution in [0.15, 0.2) is 36.5 Å². The number of unbranched alkanes of at least 4 members (excludes halogenated alkanes) is 27. The molecule has 0 saturated carbocycles. The molecule has 340 valence electrons. The van der Waals surface area contributed by atoms with Crippen LogP contribution < -0.4 is 5.32 Å². The highest BCUT2D eigenvalue weighted by Crippen LogP contribution is 2.18. The van der Waals surface area contributed by atoms with E-state index in [1.165, 1.54) is 128 Å². The maximum absolute atomic E-state index is 13.1. The molecule has 6 heteroatoms. The molecule has 0 aliphatic heterocycles. The molecule has 0 radical (unpaired) electrons. The van der Waals surface area contributed by atoms with Gasteiger partial charge in [-0.25, -0.2) is 0 Å². The van der Waals surface area contributed by atoms with Crippen LogP contribution in [0.25, 0.3) is 0 Å². The van der Waals surface area contributed by atoms with Crippen molar-refractivity contribution >= 4 is 11.9 Å². The molecule has 6 nitrogen and oxygen atoms in total. The zero-order valence-corrected chi connectivity index (χ0v) is 38.7. The number of ether oxygens (including phenoxy) is 1. The normalized spacial score (nSPS) is 13.5. The zero-order chi connectivity index (χ0) is 42.4. The summed E-state index contributed by atoms with van der Waals surface area (Å²) in [5.74, 6) is -0.495. The monoisotopic (exact) mass is 816 g/mol. The molecular weight excluding hydrogens is 719 g/mol. The first-order valence-electron chi connectivity index (χ1n) is 25.2. The van der Waals surface area contributed by atoms with Gasteiger partial charge >= 0.3 is 5.97 Å². The van der Waals surface area contributed by atoms with E-state index < -0.39 is 18.2 Å². The summed E-state index contributed by atoms with van der Waals surface area (Å²) in [4.78, 5) is 26.0. The Morgan fingerprint density at radius 2 is 0.931 bits per heavy atom. The Hall–Kier alpha value is -1.92. The Labute approximate surface area is 360 Å². The molecule has 0 fully saturated rings. The summed E-state index contributed by atoms with van der Waals surface area (Å²) < 4.78 is 5.89. The fourth-order valence-electron chi connectivity index (χ4n) is 7.68. The van der Waals surface area contributed by atoms with Crippen LogP contribution in [0.5, 0.6) is 0 Å². The third-order valence-electron chi connectivity index (χ3n) is 11.5. The van der Waals surface area contributed by atoms with Crippen LogP contribution in [0.2, 0.25) is 0 Å². The van der Waals surface area contributed by atoms with Gasteiger partial charge in [-0.2, -0.15) is 0 Å². The van der Waals surface area contributed by atoms with Gasteiger partial charge in [-0.05, 0) is 57.8 Å². The van der Waals surface area contributed by atoms with E-state index in [1.54, 1.807) is 0 Å². The Bertz CT molecular complexity index is 961. The van der Waals surface area contributed by atoms with Crippen molar-refractivity contribution in [3.05, 3.63) is 36.5 Å². The molecule has 3 atom stereocenters. The van der Waals surface area contributed by atoms with Crippen LogP contribution in [-0.4, -0.2) is 46.9 Å². The minimum absolute atomic E-state index is 0.0710. The van der Waals surface area contributed by atoms with E-state index in [-0.39, 0.29) is 24.9 Å². The summed E-state index contributed by atoms with van der Waals surface area (Å²) in [5.41, 5.74) is 0. The summed E-state index contributed by atoms with van der Waals surface area (Å²) in [6.07, 6.45) is 53.6. The summed E-state index contributed by atoms with van der Waals surface area (Å²) in [5, 5.41) is 23.7. The highest BCUT2D eigenvalue weighted by Gasteiger charge is 2.24. The summed E-state index contributed by atoms with van der Waals surface area (Å²) in [6, 6.07) is -0.702. The van der Waals surface area contributed by atoms with E-state index in [1.807, 2.05) is 0 Å². The minimum atomic E-state index is -0.788. The van der Waals surface area contributed by atoms with Gasteiger partial charge in [0.15, 0.2) is 0 Å². The number of aliphatic hydroxyl groups is 2. The smallest absolute Gasteiger partial charge is 0.306 e. The molecule has 0 rings (SSSR count). The lowest BCUT2D eigenvalue weighted by Crippen LogP contribution is -2.46. The second kappa shape index (κ2) is 46.2. The van der Waals surface area contributed by atoms with E-state index in [0.29, 0.717) is 19.3 Å². The molecule has 0 aliphatic carbocycles. The van der Waals surface area contributed by atoms with Gasteiger partial charge in [0.1, 0.15) is 6.10 Å². The van der Waals surface area contributed by atoms with Crippen molar-refractivity contribution in [3.8, 4) is 0 Å². The van der Waals surface area contributed by atoms with Crippen molar-refractivity contribution in [1.82, 2.24) is 5.32 Å². The molecule has 0 saturated heterocycles. The maximum atomic E-state index is 13.1. The average molecular weight is 816 g/mol. The molecule has 0 aliphatic rings. The number of amides is 1. The third kappa shape index (κ3) is 40.8. The SMILES string of the molecule is CC/C=C/C/C=C/C/C=C/CCCCCCC(=O)OC(CCCCCCCCCC)CC(=O)NC(CO)C(O)CCCCCCCCCCCCCCCCCCC. The number of hydrogen-bond donors (Lipinski definition) is 3. The van der Waals surface area contributed by atoms with Gasteiger partial charge in [-0.3, -0.25) is 9.59 Å². The molecular formula is C52H97NO5. The molecule has 3 N–H and O–H groups in total. The Morgan fingerprint density at radius 1 is 0.517 bits per heavy atom. The van der Waals surface area contributed by atoms with E-state index >= 15 is 0 Å². The van der Waals surface area contributed by atoms with E-state index in [9.17, 15) is 19.8 Å². The molecule has 0 bridgehead atoms. The van der Waals surface area contributed by atoms with Gasteiger partial charge in [0.25, 0.3) is 0 Å². The van der Waals surface area contributed by atoms with Crippen LogP contribution >= 0.6 is 0 Å². The quantitative estimate of drug-likeness (QED) is 0.0323. The summed E-state index contributed by atoms with van der Waals surface area (Å²) in [7, 11) is 0. The van der Waals surface area contributed by atoms with Crippen molar-refractivity contribution in [1.29, 1.82) is 0 Å². The van der Waals surface area contributed by atoms with E-state index in [2.05, 4.69) is 62.5 Å². The van der Waals surface area contributed by atoms with E-state index in [4.69, 9.17) is 4.74 Å². The number of rotatable bonds is 45. The van der Waals surface area contributed by atoms with Crippen LogP contribution in [0, 0.1) is 0 Å². The second-order valence-electron chi connectivity index (χ2n) is 17.2. The van der Waals surface area contributed by atoms with Crippen molar-refractivity contribution < 1.29 is 24.5 Å².